The average Bonchev–Trinajstić information content (AvgIpc) is 2.60. The van der Waals surface area contributed by atoms with Crippen molar-refractivity contribution < 1.29 is 4.79 Å². The molecule has 2 aromatic rings. The van der Waals surface area contributed by atoms with E-state index in [9.17, 15) is 4.79 Å². The van der Waals surface area contributed by atoms with Gasteiger partial charge in [-0.3, -0.25) is 4.79 Å². The second-order valence-corrected chi connectivity index (χ2v) is 4.36. The maximum Gasteiger partial charge on any atom is 0.146 e. The predicted molar refractivity (Wildman–Crippen MR) is 65.7 cm³/mol. The Morgan fingerprint density at radius 3 is 3.00 bits per heavy atom. The van der Waals surface area contributed by atoms with Crippen LogP contribution in [0.4, 0.5) is 0 Å². The molecule has 3 N–H and O–H groups in total. The summed E-state index contributed by atoms with van der Waals surface area (Å²) >= 11 is 5.89. The maximum atomic E-state index is 11.1. The zero-order valence-corrected chi connectivity index (χ0v) is 9.71. The van der Waals surface area contributed by atoms with Crippen molar-refractivity contribution in [1.29, 1.82) is 0 Å². The molecule has 4 heteroatoms. The summed E-state index contributed by atoms with van der Waals surface area (Å²) in [5, 5.41) is 1.76. The zero-order chi connectivity index (χ0) is 11.7. The first-order valence-electron chi connectivity index (χ1n) is 5.09. The van der Waals surface area contributed by atoms with Crippen LogP contribution in [-0.2, 0) is 11.2 Å². The van der Waals surface area contributed by atoms with Gasteiger partial charge in [0.15, 0.2) is 0 Å². The minimum atomic E-state index is -0.435. The molecule has 0 aliphatic rings. The number of hydrogen-bond donors (Lipinski definition) is 2. The SMILES string of the molecule is CC(=O)[C@@H](N)Cc1c[nH]c2cc(Cl)ccc12. The summed E-state index contributed by atoms with van der Waals surface area (Å²) in [6.45, 7) is 1.51. The molecule has 16 heavy (non-hydrogen) atoms. The molecule has 0 bridgehead atoms. The Kier molecular flexibility index (Phi) is 2.99. The molecule has 0 spiro atoms. The second kappa shape index (κ2) is 4.28. The normalized spacial score (nSPS) is 12.9. The maximum absolute atomic E-state index is 11.1. The predicted octanol–water partition coefficient (Wildman–Crippen LogP) is 2.28. The van der Waals surface area contributed by atoms with Gasteiger partial charge >= 0.3 is 0 Å². The van der Waals surface area contributed by atoms with Gasteiger partial charge in [-0.2, -0.15) is 0 Å². The molecule has 1 aromatic carbocycles. The Labute approximate surface area is 98.6 Å². The zero-order valence-electron chi connectivity index (χ0n) is 8.96. The van der Waals surface area contributed by atoms with E-state index >= 15 is 0 Å². The van der Waals surface area contributed by atoms with Crippen molar-refractivity contribution in [2.45, 2.75) is 19.4 Å². The van der Waals surface area contributed by atoms with Gasteiger partial charge < -0.3 is 10.7 Å². The quantitative estimate of drug-likeness (QED) is 0.859. The smallest absolute Gasteiger partial charge is 0.146 e. The van der Waals surface area contributed by atoms with Gasteiger partial charge in [0.1, 0.15) is 5.78 Å². The third-order valence-electron chi connectivity index (χ3n) is 2.69. The number of H-pyrrole nitrogens is 1. The van der Waals surface area contributed by atoms with E-state index in [0.29, 0.717) is 11.4 Å². The lowest BCUT2D eigenvalue weighted by Gasteiger charge is -2.06. The molecule has 0 aliphatic carbocycles. The minimum absolute atomic E-state index is 0.00307. The fourth-order valence-electron chi connectivity index (χ4n) is 1.71. The first kappa shape index (κ1) is 11.2. The fraction of sp³-hybridized carbons (Fsp3) is 0.250. The molecule has 0 saturated heterocycles. The molecule has 0 saturated carbocycles. The number of nitrogens with one attached hydrogen (secondary N) is 1. The molecular weight excluding hydrogens is 224 g/mol. The summed E-state index contributed by atoms with van der Waals surface area (Å²) in [6, 6.07) is 5.20. The van der Waals surface area contributed by atoms with Gasteiger partial charge in [-0.05, 0) is 31.0 Å². The van der Waals surface area contributed by atoms with Gasteiger partial charge in [-0.1, -0.05) is 17.7 Å². The number of rotatable bonds is 3. The van der Waals surface area contributed by atoms with E-state index in [1.54, 1.807) is 0 Å². The monoisotopic (exact) mass is 236 g/mol. The molecule has 0 aliphatic heterocycles. The van der Waals surface area contributed by atoms with Crippen molar-refractivity contribution in [1.82, 2.24) is 4.98 Å². The van der Waals surface area contributed by atoms with Crippen LogP contribution >= 0.6 is 11.6 Å². The standard InChI is InChI=1S/C12H13ClN2O/c1-7(16)11(14)4-8-6-15-12-5-9(13)2-3-10(8)12/h2-3,5-6,11,15H,4,14H2,1H3/t11-/m0/s1. The molecule has 0 radical (unpaired) electrons. The minimum Gasteiger partial charge on any atom is -0.361 e. The summed E-state index contributed by atoms with van der Waals surface area (Å²) in [4.78, 5) is 14.2. The third-order valence-corrected chi connectivity index (χ3v) is 2.93. The van der Waals surface area contributed by atoms with Crippen LogP contribution in [0.3, 0.4) is 0 Å². The number of halogens is 1. The lowest BCUT2D eigenvalue weighted by Crippen LogP contribution is -2.30. The molecule has 3 nitrogen and oxygen atoms in total. The van der Waals surface area contributed by atoms with E-state index in [4.69, 9.17) is 17.3 Å². The van der Waals surface area contributed by atoms with Crippen molar-refractivity contribution in [3.8, 4) is 0 Å². The summed E-state index contributed by atoms with van der Waals surface area (Å²) in [7, 11) is 0. The number of fused-ring (bicyclic) bond motifs is 1. The van der Waals surface area contributed by atoms with Crippen LogP contribution in [-0.4, -0.2) is 16.8 Å². The fourth-order valence-corrected chi connectivity index (χ4v) is 1.88. The number of aromatic amines is 1. The molecule has 1 atom stereocenters. The van der Waals surface area contributed by atoms with Crippen molar-refractivity contribution in [2.24, 2.45) is 5.73 Å². The topological polar surface area (TPSA) is 58.9 Å². The van der Waals surface area contributed by atoms with Crippen LogP contribution in [0.15, 0.2) is 24.4 Å². The van der Waals surface area contributed by atoms with Crippen molar-refractivity contribution in [3.05, 3.63) is 35.0 Å². The van der Waals surface area contributed by atoms with Gasteiger partial charge in [0.05, 0.1) is 6.04 Å². The Morgan fingerprint density at radius 1 is 1.56 bits per heavy atom. The molecular formula is C12H13ClN2O. The first-order chi connectivity index (χ1) is 7.58. The van der Waals surface area contributed by atoms with Crippen LogP contribution < -0.4 is 5.73 Å². The highest BCUT2D eigenvalue weighted by atomic mass is 35.5. The number of carbonyl (C=O) groups is 1. The van der Waals surface area contributed by atoms with E-state index in [1.807, 2.05) is 24.4 Å². The van der Waals surface area contributed by atoms with Gasteiger partial charge in [0, 0.05) is 22.1 Å². The van der Waals surface area contributed by atoms with E-state index < -0.39 is 6.04 Å². The summed E-state index contributed by atoms with van der Waals surface area (Å²) in [5.74, 6) is 0.00307. The van der Waals surface area contributed by atoms with Crippen LogP contribution in [0.2, 0.25) is 5.02 Å². The molecule has 2 rings (SSSR count). The molecule has 1 aromatic heterocycles. The second-order valence-electron chi connectivity index (χ2n) is 3.93. The van der Waals surface area contributed by atoms with Crippen molar-refractivity contribution in [3.63, 3.8) is 0 Å². The van der Waals surface area contributed by atoms with Crippen LogP contribution in [0, 0.1) is 0 Å². The van der Waals surface area contributed by atoms with Crippen LogP contribution in [0.5, 0.6) is 0 Å². The molecule has 1 heterocycles. The van der Waals surface area contributed by atoms with Crippen molar-refractivity contribution >= 4 is 28.3 Å². The summed E-state index contributed by atoms with van der Waals surface area (Å²) < 4.78 is 0. The third kappa shape index (κ3) is 2.10. The van der Waals surface area contributed by atoms with Gasteiger partial charge in [-0.25, -0.2) is 0 Å². The molecule has 84 valence electrons. The molecule has 0 amide bonds. The Balaban J connectivity index is 2.35. The van der Waals surface area contributed by atoms with E-state index in [2.05, 4.69) is 4.98 Å². The number of ketones is 1. The number of carbonyl (C=O) groups excluding carboxylic acids is 1. The van der Waals surface area contributed by atoms with Crippen LogP contribution in [0.25, 0.3) is 10.9 Å². The van der Waals surface area contributed by atoms with Gasteiger partial charge in [0.25, 0.3) is 0 Å². The number of nitrogens with two attached hydrogens (primary N) is 1. The summed E-state index contributed by atoms with van der Waals surface area (Å²) in [5.41, 5.74) is 7.76. The number of Topliss-reactive ketones (excluding diaryl/α,β-unsaturated/α-hetero) is 1. The van der Waals surface area contributed by atoms with Gasteiger partial charge in [0.2, 0.25) is 0 Å². The number of benzene rings is 1. The number of aromatic nitrogens is 1. The lowest BCUT2D eigenvalue weighted by atomic mass is 10.0. The van der Waals surface area contributed by atoms with E-state index in [1.165, 1.54) is 6.92 Å². The molecule has 0 unspecified atom stereocenters. The highest BCUT2D eigenvalue weighted by Gasteiger charge is 2.12. The highest BCUT2D eigenvalue weighted by Crippen LogP contribution is 2.22. The molecule has 0 fully saturated rings. The highest BCUT2D eigenvalue weighted by molar-refractivity contribution is 6.31. The first-order valence-corrected chi connectivity index (χ1v) is 5.47. The number of hydrogen-bond acceptors (Lipinski definition) is 2. The largest absolute Gasteiger partial charge is 0.361 e. The Bertz CT molecular complexity index is 533. The van der Waals surface area contributed by atoms with Gasteiger partial charge in [-0.15, -0.1) is 0 Å². The van der Waals surface area contributed by atoms with E-state index in [0.717, 1.165) is 16.5 Å². The lowest BCUT2D eigenvalue weighted by molar-refractivity contribution is -0.118. The Morgan fingerprint density at radius 2 is 2.31 bits per heavy atom. The van der Waals surface area contributed by atoms with Crippen molar-refractivity contribution in [2.75, 3.05) is 0 Å². The average molecular weight is 237 g/mol. The summed E-state index contributed by atoms with van der Waals surface area (Å²) in [6.07, 6.45) is 2.43. The van der Waals surface area contributed by atoms with E-state index in [-0.39, 0.29) is 5.78 Å². The Hall–Kier alpha value is -1.32. The van der Waals surface area contributed by atoms with Crippen LogP contribution in [0.1, 0.15) is 12.5 Å².